The van der Waals surface area contributed by atoms with Crippen LogP contribution in [0.5, 0.6) is 11.5 Å². The second-order valence-electron chi connectivity index (χ2n) is 3.10. The zero-order chi connectivity index (χ0) is 12.0. The predicted octanol–water partition coefficient (Wildman–Crippen LogP) is 2.88. The molecule has 0 heterocycles. The Balaban J connectivity index is 3.20. The molecule has 0 aliphatic carbocycles. The molecule has 0 saturated heterocycles. The standard InChI is InChI=1S/C12H15NO2S/c1-4-16-12-10(14-2)7-9(5-6-13)8-11(12)15-3/h7-8H,4-5H2,1-3H3. The number of nitrogens with zero attached hydrogens (tertiary/aromatic N) is 1. The van der Waals surface area contributed by atoms with Crippen LogP contribution in [0.4, 0.5) is 0 Å². The molecule has 0 amide bonds. The van der Waals surface area contributed by atoms with Crippen molar-refractivity contribution in [2.24, 2.45) is 0 Å². The normalized spacial score (nSPS) is 9.62. The van der Waals surface area contributed by atoms with Crippen molar-refractivity contribution in [3.05, 3.63) is 17.7 Å². The van der Waals surface area contributed by atoms with E-state index in [4.69, 9.17) is 14.7 Å². The highest BCUT2D eigenvalue weighted by Gasteiger charge is 2.12. The summed E-state index contributed by atoms with van der Waals surface area (Å²) < 4.78 is 10.6. The quantitative estimate of drug-likeness (QED) is 0.738. The molecule has 0 bridgehead atoms. The van der Waals surface area contributed by atoms with Gasteiger partial charge in [0.05, 0.1) is 31.6 Å². The van der Waals surface area contributed by atoms with Crippen molar-refractivity contribution in [2.75, 3.05) is 20.0 Å². The van der Waals surface area contributed by atoms with Crippen molar-refractivity contribution in [1.82, 2.24) is 0 Å². The van der Waals surface area contributed by atoms with Gasteiger partial charge in [-0.15, -0.1) is 11.8 Å². The van der Waals surface area contributed by atoms with Gasteiger partial charge in [0, 0.05) is 0 Å². The maximum atomic E-state index is 8.68. The minimum absolute atomic E-state index is 0.365. The first kappa shape index (κ1) is 12.7. The van der Waals surface area contributed by atoms with Gasteiger partial charge in [0.15, 0.2) is 0 Å². The smallest absolute Gasteiger partial charge is 0.136 e. The van der Waals surface area contributed by atoms with Gasteiger partial charge >= 0.3 is 0 Å². The Morgan fingerprint density at radius 1 is 1.25 bits per heavy atom. The van der Waals surface area contributed by atoms with Crippen molar-refractivity contribution in [3.63, 3.8) is 0 Å². The Hall–Kier alpha value is -1.34. The third kappa shape index (κ3) is 2.83. The number of hydrogen-bond acceptors (Lipinski definition) is 4. The third-order valence-electron chi connectivity index (χ3n) is 2.09. The lowest BCUT2D eigenvalue weighted by Crippen LogP contribution is -1.95. The summed E-state index contributed by atoms with van der Waals surface area (Å²) in [5.74, 6) is 2.50. The maximum absolute atomic E-state index is 8.68. The summed E-state index contributed by atoms with van der Waals surface area (Å²) in [5.41, 5.74) is 0.914. The summed E-state index contributed by atoms with van der Waals surface area (Å²) in [6, 6.07) is 5.91. The van der Waals surface area contributed by atoms with Crippen LogP contribution in [0.1, 0.15) is 12.5 Å². The summed E-state index contributed by atoms with van der Waals surface area (Å²) in [7, 11) is 3.26. The van der Waals surface area contributed by atoms with E-state index in [0.29, 0.717) is 6.42 Å². The summed E-state index contributed by atoms with van der Waals surface area (Å²) in [4.78, 5) is 0.995. The largest absolute Gasteiger partial charge is 0.495 e. The van der Waals surface area contributed by atoms with Crippen LogP contribution in [0.3, 0.4) is 0 Å². The fourth-order valence-electron chi connectivity index (χ4n) is 1.41. The van der Waals surface area contributed by atoms with Crippen LogP contribution in [0, 0.1) is 11.3 Å². The average molecular weight is 237 g/mol. The van der Waals surface area contributed by atoms with Crippen LogP contribution < -0.4 is 9.47 Å². The Morgan fingerprint density at radius 2 is 1.81 bits per heavy atom. The number of thioether (sulfide) groups is 1. The Kier molecular flexibility index (Phi) is 5.00. The number of rotatable bonds is 5. The van der Waals surface area contributed by atoms with E-state index < -0.39 is 0 Å². The molecule has 16 heavy (non-hydrogen) atoms. The fourth-order valence-corrected chi connectivity index (χ4v) is 2.27. The number of ether oxygens (including phenoxy) is 2. The van der Waals surface area contributed by atoms with E-state index in [9.17, 15) is 0 Å². The van der Waals surface area contributed by atoms with E-state index in [1.807, 2.05) is 12.1 Å². The molecule has 1 rings (SSSR count). The molecule has 0 atom stereocenters. The van der Waals surface area contributed by atoms with E-state index in [-0.39, 0.29) is 0 Å². The highest BCUT2D eigenvalue weighted by atomic mass is 32.2. The molecule has 0 aliphatic heterocycles. The Labute approximate surface area is 100 Å². The van der Waals surface area contributed by atoms with Gasteiger partial charge in [-0.1, -0.05) is 6.92 Å². The van der Waals surface area contributed by atoms with Crippen molar-refractivity contribution in [2.45, 2.75) is 18.2 Å². The van der Waals surface area contributed by atoms with Crippen molar-refractivity contribution in [3.8, 4) is 17.6 Å². The lowest BCUT2D eigenvalue weighted by molar-refractivity contribution is 0.376. The number of nitriles is 1. The van der Waals surface area contributed by atoms with Gasteiger partial charge in [-0.3, -0.25) is 0 Å². The van der Waals surface area contributed by atoms with Crippen LogP contribution in [0.2, 0.25) is 0 Å². The van der Waals surface area contributed by atoms with E-state index in [1.165, 1.54) is 0 Å². The van der Waals surface area contributed by atoms with E-state index in [2.05, 4.69) is 13.0 Å². The third-order valence-corrected chi connectivity index (χ3v) is 3.07. The van der Waals surface area contributed by atoms with Crippen LogP contribution in [-0.2, 0) is 6.42 Å². The molecule has 1 aromatic rings. The van der Waals surface area contributed by atoms with Crippen LogP contribution >= 0.6 is 11.8 Å². The summed E-state index contributed by atoms with van der Waals surface area (Å²) >= 11 is 1.67. The van der Waals surface area contributed by atoms with Crippen molar-refractivity contribution >= 4 is 11.8 Å². The fraction of sp³-hybridized carbons (Fsp3) is 0.417. The van der Waals surface area contributed by atoms with Gasteiger partial charge in [-0.25, -0.2) is 0 Å². The molecule has 86 valence electrons. The van der Waals surface area contributed by atoms with Gasteiger partial charge in [0.25, 0.3) is 0 Å². The molecule has 0 spiro atoms. The molecule has 0 aromatic heterocycles. The van der Waals surface area contributed by atoms with E-state index in [0.717, 1.165) is 27.7 Å². The number of hydrogen-bond donors (Lipinski definition) is 0. The predicted molar refractivity (Wildman–Crippen MR) is 65.3 cm³/mol. The Morgan fingerprint density at radius 3 is 2.19 bits per heavy atom. The van der Waals surface area contributed by atoms with Gasteiger partial charge in [0.1, 0.15) is 11.5 Å². The molecule has 0 aliphatic rings. The molecule has 3 nitrogen and oxygen atoms in total. The molecule has 0 radical (unpaired) electrons. The molecule has 0 saturated carbocycles. The highest BCUT2D eigenvalue weighted by molar-refractivity contribution is 7.99. The minimum Gasteiger partial charge on any atom is -0.495 e. The monoisotopic (exact) mass is 237 g/mol. The van der Waals surface area contributed by atoms with Gasteiger partial charge < -0.3 is 9.47 Å². The van der Waals surface area contributed by atoms with Gasteiger partial charge in [0.2, 0.25) is 0 Å². The topological polar surface area (TPSA) is 42.2 Å². The van der Waals surface area contributed by atoms with E-state index in [1.54, 1.807) is 26.0 Å². The van der Waals surface area contributed by atoms with Crippen LogP contribution in [0.15, 0.2) is 17.0 Å². The molecular weight excluding hydrogens is 222 g/mol. The van der Waals surface area contributed by atoms with Crippen molar-refractivity contribution < 1.29 is 9.47 Å². The van der Waals surface area contributed by atoms with Crippen LogP contribution in [-0.4, -0.2) is 20.0 Å². The van der Waals surface area contributed by atoms with Crippen LogP contribution in [0.25, 0.3) is 0 Å². The van der Waals surface area contributed by atoms with Crippen molar-refractivity contribution in [1.29, 1.82) is 5.26 Å². The molecule has 0 N–H and O–H groups in total. The van der Waals surface area contributed by atoms with Gasteiger partial charge in [-0.2, -0.15) is 5.26 Å². The minimum atomic E-state index is 0.365. The van der Waals surface area contributed by atoms with Gasteiger partial charge in [-0.05, 0) is 23.4 Å². The lowest BCUT2D eigenvalue weighted by Gasteiger charge is -2.13. The molecule has 4 heteroatoms. The highest BCUT2D eigenvalue weighted by Crippen LogP contribution is 2.38. The average Bonchev–Trinajstić information content (AvgIpc) is 2.31. The Bertz CT molecular complexity index is 373. The SMILES string of the molecule is CCSc1c(OC)cc(CC#N)cc1OC. The first-order chi connectivity index (χ1) is 7.76. The lowest BCUT2D eigenvalue weighted by atomic mass is 10.1. The van der Waals surface area contributed by atoms with E-state index >= 15 is 0 Å². The zero-order valence-corrected chi connectivity index (χ0v) is 10.6. The number of benzene rings is 1. The second kappa shape index (κ2) is 6.29. The first-order valence-corrected chi connectivity index (χ1v) is 6.00. The summed E-state index contributed by atoms with van der Waals surface area (Å²) in [6.07, 6.45) is 0.365. The molecule has 0 unspecified atom stereocenters. The molecule has 0 fully saturated rings. The molecule has 1 aromatic carbocycles. The second-order valence-corrected chi connectivity index (χ2v) is 4.37. The number of methoxy groups -OCH3 is 2. The summed E-state index contributed by atoms with van der Waals surface area (Å²) in [6.45, 7) is 2.08. The molecular formula is C12H15NO2S. The zero-order valence-electron chi connectivity index (χ0n) is 9.74. The summed E-state index contributed by atoms with van der Waals surface area (Å²) in [5, 5.41) is 8.68. The first-order valence-electron chi connectivity index (χ1n) is 5.01. The maximum Gasteiger partial charge on any atom is 0.136 e.